The number of pyridine rings is 1. The summed E-state index contributed by atoms with van der Waals surface area (Å²) in [5.41, 5.74) is 2.30. The second kappa shape index (κ2) is 6.53. The van der Waals surface area contributed by atoms with E-state index in [4.69, 9.17) is 4.74 Å². The van der Waals surface area contributed by atoms with E-state index in [-0.39, 0.29) is 0 Å². The minimum absolute atomic E-state index is 0.502. The summed E-state index contributed by atoms with van der Waals surface area (Å²) in [4.78, 5) is 4.14. The first-order valence-corrected chi connectivity index (χ1v) is 7.28. The lowest BCUT2D eigenvalue weighted by Crippen LogP contribution is -2.38. The Bertz CT molecular complexity index is 518. The largest absolute Gasteiger partial charge is 0.492 e. The van der Waals surface area contributed by atoms with Crippen LogP contribution in [0.25, 0.3) is 11.1 Å². The third-order valence-electron chi connectivity index (χ3n) is 3.71. The predicted octanol–water partition coefficient (Wildman–Crippen LogP) is 3.27. The van der Waals surface area contributed by atoms with E-state index in [1.165, 1.54) is 24.8 Å². The molecule has 0 aliphatic carbocycles. The van der Waals surface area contributed by atoms with Crippen LogP contribution in [0.1, 0.15) is 19.3 Å². The van der Waals surface area contributed by atoms with Crippen LogP contribution in [-0.4, -0.2) is 24.2 Å². The predicted molar refractivity (Wildman–Crippen MR) is 80.8 cm³/mol. The van der Waals surface area contributed by atoms with Gasteiger partial charge in [0, 0.05) is 18.4 Å². The molecule has 104 valence electrons. The van der Waals surface area contributed by atoms with Gasteiger partial charge in [-0.3, -0.25) is 4.98 Å². The second-order valence-electron chi connectivity index (χ2n) is 5.22. The van der Waals surface area contributed by atoms with Crippen molar-refractivity contribution in [3.63, 3.8) is 0 Å². The van der Waals surface area contributed by atoms with Crippen molar-refractivity contribution < 1.29 is 4.74 Å². The highest BCUT2D eigenvalue weighted by Gasteiger charge is 2.12. The summed E-state index contributed by atoms with van der Waals surface area (Å²) in [6.07, 6.45) is 7.48. The van der Waals surface area contributed by atoms with E-state index in [0.29, 0.717) is 6.04 Å². The van der Waals surface area contributed by atoms with E-state index >= 15 is 0 Å². The third kappa shape index (κ3) is 3.36. The minimum atomic E-state index is 0.502. The molecule has 1 aliphatic heterocycles. The standard InChI is InChI=1S/C17H20N2O/c1-2-11-19-16(5-1)13-20-17-8-6-14(7-9-17)15-4-3-10-18-12-15/h3-4,6-10,12,16,19H,1-2,5,11,13H2. The van der Waals surface area contributed by atoms with Gasteiger partial charge in [-0.15, -0.1) is 0 Å². The molecule has 3 nitrogen and oxygen atoms in total. The van der Waals surface area contributed by atoms with Crippen LogP contribution in [0.4, 0.5) is 0 Å². The molecule has 1 N–H and O–H groups in total. The van der Waals surface area contributed by atoms with Crippen molar-refractivity contribution >= 4 is 0 Å². The number of nitrogens with zero attached hydrogens (tertiary/aromatic N) is 1. The average molecular weight is 268 g/mol. The second-order valence-corrected chi connectivity index (χ2v) is 5.22. The summed E-state index contributed by atoms with van der Waals surface area (Å²) in [5, 5.41) is 3.49. The zero-order valence-electron chi connectivity index (χ0n) is 11.6. The Morgan fingerprint density at radius 2 is 2.00 bits per heavy atom. The van der Waals surface area contributed by atoms with Crippen molar-refractivity contribution in [3.05, 3.63) is 48.8 Å². The van der Waals surface area contributed by atoms with Gasteiger partial charge in [0.25, 0.3) is 0 Å². The third-order valence-corrected chi connectivity index (χ3v) is 3.71. The summed E-state index contributed by atoms with van der Waals surface area (Å²) in [6.45, 7) is 1.88. The van der Waals surface area contributed by atoms with Crippen molar-refractivity contribution in [3.8, 4) is 16.9 Å². The number of piperidine rings is 1. The molecule has 1 fully saturated rings. The van der Waals surface area contributed by atoms with Gasteiger partial charge in [-0.2, -0.15) is 0 Å². The molecule has 0 bridgehead atoms. The fourth-order valence-electron chi connectivity index (χ4n) is 2.54. The van der Waals surface area contributed by atoms with Gasteiger partial charge < -0.3 is 10.1 Å². The fourth-order valence-corrected chi connectivity index (χ4v) is 2.54. The molecule has 0 radical (unpaired) electrons. The van der Waals surface area contributed by atoms with Crippen LogP contribution in [0.15, 0.2) is 48.8 Å². The quantitative estimate of drug-likeness (QED) is 0.924. The van der Waals surface area contributed by atoms with Gasteiger partial charge in [-0.1, -0.05) is 24.6 Å². The maximum Gasteiger partial charge on any atom is 0.119 e. The summed E-state index contributed by atoms with van der Waals surface area (Å²) in [5.74, 6) is 0.935. The smallest absolute Gasteiger partial charge is 0.119 e. The average Bonchev–Trinajstić information content (AvgIpc) is 2.55. The van der Waals surface area contributed by atoms with Crippen LogP contribution in [0, 0.1) is 0 Å². The Balaban J connectivity index is 1.58. The normalized spacial score (nSPS) is 18.7. The molecule has 0 amide bonds. The Kier molecular flexibility index (Phi) is 4.28. The topological polar surface area (TPSA) is 34.1 Å². The lowest BCUT2D eigenvalue weighted by atomic mass is 10.1. The first-order valence-electron chi connectivity index (χ1n) is 7.28. The first-order chi connectivity index (χ1) is 9.92. The molecule has 20 heavy (non-hydrogen) atoms. The van der Waals surface area contributed by atoms with Gasteiger partial charge >= 0.3 is 0 Å². The van der Waals surface area contributed by atoms with Crippen molar-refractivity contribution in [2.75, 3.05) is 13.2 Å². The van der Waals surface area contributed by atoms with Gasteiger partial charge in [0.15, 0.2) is 0 Å². The van der Waals surface area contributed by atoms with Gasteiger partial charge in [0.1, 0.15) is 12.4 Å². The molecule has 1 aromatic carbocycles. The van der Waals surface area contributed by atoms with Crippen LogP contribution in [-0.2, 0) is 0 Å². The van der Waals surface area contributed by atoms with Crippen LogP contribution in [0.3, 0.4) is 0 Å². The molecule has 2 heterocycles. The first kappa shape index (κ1) is 13.1. The van der Waals surface area contributed by atoms with Gasteiger partial charge in [0.05, 0.1) is 0 Å². The van der Waals surface area contributed by atoms with E-state index in [0.717, 1.165) is 24.5 Å². The van der Waals surface area contributed by atoms with Crippen LogP contribution < -0.4 is 10.1 Å². The van der Waals surface area contributed by atoms with Gasteiger partial charge in [-0.25, -0.2) is 0 Å². The Hall–Kier alpha value is -1.87. The van der Waals surface area contributed by atoms with Crippen LogP contribution in [0.5, 0.6) is 5.75 Å². The molecule has 3 heteroatoms. The summed E-state index contributed by atoms with van der Waals surface area (Å²) < 4.78 is 5.86. The summed E-state index contributed by atoms with van der Waals surface area (Å²) >= 11 is 0. The molecular weight excluding hydrogens is 248 g/mol. The van der Waals surface area contributed by atoms with E-state index in [1.54, 1.807) is 6.20 Å². The number of rotatable bonds is 4. The minimum Gasteiger partial charge on any atom is -0.492 e. The van der Waals surface area contributed by atoms with E-state index in [1.807, 2.05) is 24.4 Å². The number of ether oxygens (including phenoxy) is 1. The molecule has 0 spiro atoms. The number of aromatic nitrogens is 1. The van der Waals surface area contributed by atoms with Crippen molar-refractivity contribution in [2.45, 2.75) is 25.3 Å². The number of benzene rings is 1. The highest BCUT2D eigenvalue weighted by molar-refractivity contribution is 5.62. The molecule has 2 aromatic rings. The van der Waals surface area contributed by atoms with E-state index < -0.39 is 0 Å². The molecule has 1 saturated heterocycles. The monoisotopic (exact) mass is 268 g/mol. The number of nitrogens with one attached hydrogen (secondary N) is 1. The molecular formula is C17H20N2O. The zero-order chi connectivity index (χ0) is 13.6. The maximum absolute atomic E-state index is 5.86. The molecule has 1 aromatic heterocycles. The zero-order valence-corrected chi connectivity index (χ0v) is 11.6. The summed E-state index contributed by atoms with van der Waals surface area (Å²) in [7, 11) is 0. The maximum atomic E-state index is 5.86. The van der Waals surface area contributed by atoms with Crippen molar-refractivity contribution in [1.82, 2.24) is 10.3 Å². The van der Waals surface area contributed by atoms with Crippen molar-refractivity contribution in [1.29, 1.82) is 0 Å². The molecule has 1 aliphatic rings. The highest BCUT2D eigenvalue weighted by Crippen LogP contribution is 2.21. The number of hydrogen-bond donors (Lipinski definition) is 1. The van der Waals surface area contributed by atoms with Crippen molar-refractivity contribution in [2.24, 2.45) is 0 Å². The van der Waals surface area contributed by atoms with E-state index in [9.17, 15) is 0 Å². The van der Waals surface area contributed by atoms with Crippen LogP contribution >= 0.6 is 0 Å². The van der Waals surface area contributed by atoms with Gasteiger partial charge in [0.2, 0.25) is 0 Å². The van der Waals surface area contributed by atoms with Gasteiger partial charge in [-0.05, 0) is 48.7 Å². The SMILES string of the molecule is c1cncc(-c2ccc(OCC3CCCCN3)cc2)c1. The summed E-state index contributed by atoms with van der Waals surface area (Å²) in [6, 6.07) is 12.8. The number of hydrogen-bond acceptors (Lipinski definition) is 3. The molecule has 0 saturated carbocycles. The molecule has 3 rings (SSSR count). The Labute approximate surface area is 120 Å². The van der Waals surface area contributed by atoms with Crippen LogP contribution in [0.2, 0.25) is 0 Å². The fraction of sp³-hybridized carbons (Fsp3) is 0.353. The lowest BCUT2D eigenvalue weighted by Gasteiger charge is -2.23. The Morgan fingerprint density at radius 1 is 1.10 bits per heavy atom. The Morgan fingerprint density at radius 3 is 2.70 bits per heavy atom. The molecule has 1 unspecified atom stereocenters. The highest BCUT2D eigenvalue weighted by atomic mass is 16.5. The van der Waals surface area contributed by atoms with E-state index in [2.05, 4.69) is 28.5 Å². The lowest BCUT2D eigenvalue weighted by molar-refractivity contribution is 0.239. The molecule has 1 atom stereocenters.